The normalized spacial score (nSPS) is 21.1. The fraction of sp³-hybridized carbons (Fsp3) is 0.269. The van der Waals surface area contributed by atoms with Gasteiger partial charge in [-0.2, -0.15) is 0 Å². The first-order valence-corrected chi connectivity index (χ1v) is 11.2. The van der Waals surface area contributed by atoms with Crippen molar-refractivity contribution < 1.29 is 13.9 Å². The second-order valence-corrected chi connectivity index (χ2v) is 8.41. The number of ether oxygens (including phenoxy) is 2. The molecular weight excluding hydrogens is 433 g/mol. The van der Waals surface area contributed by atoms with E-state index in [0.717, 1.165) is 11.1 Å². The first-order valence-electron chi connectivity index (χ1n) is 11.2. The second-order valence-electron chi connectivity index (χ2n) is 8.41. The highest BCUT2D eigenvalue weighted by Gasteiger charge is 2.48. The number of hydrogen-bond donors (Lipinski definition) is 1. The fourth-order valence-electron chi connectivity index (χ4n) is 4.59. The molecule has 0 bridgehead atoms. The van der Waals surface area contributed by atoms with E-state index >= 15 is 0 Å². The molecule has 5 rings (SSSR count). The van der Waals surface area contributed by atoms with Crippen LogP contribution in [0.1, 0.15) is 17.2 Å². The Balaban J connectivity index is 1.35. The Kier molecular flexibility index (Phi) is 6.60. The van der Waals surface area contributed by atoms with Crippen LogP contribution in [0.25, 0.3) is 11.2 Å². The van der Waals surface area contributed by atoms with Crippen molar-refractivity contribution in [2.75, 3.05) is 18.9 Å². The molecule has 3 atom stereocenters. The molecule has 1 fully saturated rings. The van der Waals surface area contributed by atoms with E-state index in [1.807, 2.05) is 65.2 Å². The minimum atomic E-state index is -0.287. The number of hydrogen-bond acceptors (Lipinski definition) is 6. The maximum atomic E-state index is 14.2. The molecule has 4 aromatic rings. The average Bonchev–Trinajstić information content (AvgIpc) is 3.29. The highest BCUT2D eigenvalue weighted by Crippen LogP contribution is 2.50. The zero-order chi connectivity index (χ0) is 23.3. The van der Waals surface area contributed by atoms with Crippen molar-refractivity contribution in [3.8, 4) is 0 Å². The Labute approximate surface area is 197 Å². The Bertz CT molecular complexity index is 1260. The molecule has 2 aromatic carbocycles. The zero-order valence-corrected chi connectivity index (χ0v) is 18.6. The second kappa shape index (κ2) is 10.1. The molecule has 1 saturated carbocycles. The van der Waals surface area contributed by atoms with Gasteiger partial charge in [-0.3, -0.25) is 0 Å². The number of aromatic nitrogens is 4. The maximum absolute atomic E-state index is 14.2. The van der Waals surface area contributed by atoms with Gasteiger partial charge in [-0.1, -0.05) is 60.7 Å². The average molecular weight is 460 g/mol. The van der Waals surface area contributed by atoms with Crippen LogP contribution in [0, 0.1) is 11.8 Å². The van der Waals surface area contributed by atoms with Gasteiger partial charge in [0.05, 0.1) is 45.1 Å². The summed E-state index contributed by atoms with van der Waals surface area (Å²) in [4.78, 5) is 12.7. The maximum Gasteiger partial charge on any atom is 0.165 e. The summed E-state index contributed by atoms with van der Waals surface area (Å²) >= 11 is 0. The zero-order valence-electron chi connectivity index (χ0n) is 18.6. The van der Waals surface area contributed by atoms with Gasteiger partial charge in [0.2, 0.25) is 0 Å². The minimum absolute atomic E-state index is 0.0184. The van der Waals surface area contributed by atoms with Gasteiger partial charge >= 0.3 is 0 Å². The summed E-state index contributed by atoms with van der Waals surface area (Å²) in [5.74, 6) is 0.162. The third-order valence-electron chi connectivity index (χ3n) is 6.34. The Hall–Kier alpha value is -3.62. The molecule has 0 unspecified atom stereocenters. The summed E-state index contributed by atoms with van der Waals surface area (Å²) in [5.41, 5.74) is 9.85. The van der Waals surface area contributed by atoms with E-state index in [-0.39, 0.29) is 17.9 Å². The van der Waals surface area contributed by atoms with Crippen molar-refractivity contribution >= 4 is 17.0 Å². The number of fused-ring (bicyclic) bond motifs is 1. The van der Waals surface area contributed by atoms with Crippen LogP contribution in [-0.4, -0.2) is 32.7 Å². The first kappa shape index (κ1) is 22.2. The number of anilines is 1. The highest BCUT2D eigenvalue weighted by molar-refractivity contribution is 5.81. The molecule has 0 radical (unpaired) electrons. The number of nitrogens with two attached hydrogens (primary N) is 1. The van der Waals surface area contributed by atoms with Gasteiger partial charge in [-0.05, 0) is 16.7 Å². The van der Waals surface area contributed by atoms with Gasteiger partial charge in [0, 0.05) is 11.8 Å². The Morgan fingerprint density at radius 1 is 0.882 bits per heavy atom. The molecule has 174 valence electrons. The minimum Gasteiger partial charge on any atom is -0.382 e. The number of nitrogens with zero attached hydrogens (tertiary/aromatic N) is 4. The third kappa shape index (κ3) is 4.42. The summed E-state index contributed by atoms with van der Waals surface area (Å²) in [7, 11) is 0. The molecule has 2 heterocycles. The van der Waals surface area contributed by atoms with Crippen LogP contribution in [0.5, 0.6) is 0 Å². The molecule has 8 heteroatoms. The molecule has 1 aliphatic carbocycles. The lowest BCUT2D eigenvalue weighted by Crippen LogP contribution is -2.46. The van der Waals surface area contributed by atoms with Crippen molar-refractivity contribution in [1.82, 2.24) is 19.5 Å². The molecule has 0 amide bonds. The van der Waals surface area contributed by atoms with E-state index in [4.69, 9.17) is 15.2 Å². The molecule has 2 aromatic heterocycles. The molecule has 34 heavy (non-hydrogen) atoms. The predicted molar refractivity (Wildman–Crippen MR) is 127 cm³/mol. The SMILES string of the molecule is Nc1ncnc2c1ncn2[C@@H]1/C(=C\F)[C@H](COCc2ccccc2)[C@H]1COCc1ccccc1. The van der Waals surface area contributed by atoms with E-state index in [2.05, 4.69) is 15.0 Å². The van der Waals surface area contributed by atoms with Crippen LogP contribution in [0.3, 0.4) is 0 Å². The number of imidazole rings is 1. The van der Waals surface area contributed by atoms with Gasteiger partial charge < -0.3 is 19.8 Å². The van der Waals surface area contributed by atoms with E-state index in [1.54, 1.807) is 6.33 Å². The number of halogens is 1. The highest BCUT2D eigenvalue weighted by atomic mass is 19.1. The Morgan fingerprint density at radius 3 is 2.18 bits per heavy atom. The monoisotopic (exact) mass is 459 g/mol. The van der Waals surface area contributed by atoms with Crippen molar-refractivity contribution in [1.29, 1.82) is 0 Å². The molecule has 1 aliphatic rings. The van der Waals surface area contributed by atoms with Crippen molar-refractivity contribution in [3.05, 3.63) is 96.3 Å². The van der Waals surface area contributed by atoms with E-state index in [1.165, 1.54) is 6.33 Å². The number of nitrogen functional groups attached to an aromatic ring is 1. The van der Waals surface area contributed by atoms with Gasteiger partial charge in [-0.25, -0.2) is 19.3 Å². The lowest BCUT2D eigenvalue weighted by atomic mass is 9.65. The number of rotatable bonds is 9. The predicted octanol–water partition coefficient (Wildman–Crippen LogP) is 4.48. The smallest absolute Gasteiger partial charge is 0.165 e. The molecule has 0 saturated heterocycles. The lowest BCUT2D eigenvalue weighted by molar-refractivity contribution is -0.0178. The van der Waals surface area contributed by atoms with Crippen LogP contribution in [0.2, 0.25) is 0 Å². The topological polar surface area (TPSA) is 88.1 Å². The van der Waals surface area contributed by atoms with Crippen molar-refractivity contribution in [2.45, 2.75) is 19.3 Å². The summed E-state index contributed by atoms with van der Waals surface area (Å²) < 4.78 is 28.1. The van der Waals surface area contributed by atoms with Gasteiger partial charge in [0.15, 0.2) is 11.5 Å². The summed E-state index contributed by atoms with van der Waals surface area (Å²) in [6.45, 7) is 1.79. The quantitative estimate of drug-likeness (QED) is 0.397. The number of benzene rings is 2. The summed E-state index contributed by atoms with van der Waals surface area (Å²) in [5, 5.41) is 0. The van der Waals surface area contributed by atoms with Crippen LogP contribution in [0.4, 0.5) is 10.2 Å². The van der Waals surface area contributed by atoms with Crippen molar-refractivity contribution in [2.24, 2.45) is 11.8 Å². The van der Waals surface area contributed by atoms with Crippen LogP contribution >= 0.6 is 0 Å². The molecular formula is C26H26FN5O2. The van der Waals surface area contributed by atoms with Crippen LogP contribution in [0.15, 0.2) is 85.2 Å². The van der Waals surface area contributed by atoms with Crippen LogP contribution in [-0.2, 0) is 22.7 Å². The Morgan fingerprint density at radius 2 is 1.53 bits per heavy atom. The van der Waals surface area contributed by atoms with E-state index < -0.39 is 0 Å². The third-order valence-corrected chi connectivity index (χ3v) is 6.34. The molecule has 2 N–H and O–H groups in total. The lowest BCUT2D eigenvalue weighted by Gasteiger charge is -2.47. The molecule has 0 aliphatic heterocycles. The van der Waals surface area contributed by atoms with Crippen LogP contribution < -0.4 is 5.73 Å². The van der Waals surface area contributed by atoms with Gasteiger partial charge in [0.1, 0.15) is 11.8 Å². The first-order chi connectivity index (χ1) is 16.8. The standard InChI is InChI=1S/C26H26FN5O2/c27-11-20-21(14-33-12-18-7-3-1-4-8-18)22(15-34-13-19-9-5-2-6-10-19)24(20)32-17-31-23-25(28)29-16-30-26(23)32/h1-11,16-17,21-22,24H,12-15H2,(H2,28,29,30)/b20-11-/t21-,22+,24+/m0/s1. The van der Waals surface area contributed by atoms with E-state index in [0.29, 0.717) is 55.3 Å². The summed E-state index contributed by atoms with van der Waals surface area (Å²) in [6, 6.07) is 19.6. The van der Waals surface area contributed by atoms with Gasteiger partial charge in [-0.15, -0.1) is 0 Å². The van der Waals surface area contributed by atoms with Crippen molar-refractivity contribution in [3.63, 3.8) is 0 Å². The van der Waals surface area contributed by atoms with E-state index in [9.17, 15) is 4.39 Å². The summed E-state index contributed by atoms with van der Waals surface area (Å²) in [6.07, 6.45) is 3.73. The fourth-order valence-corrected chi connectivity index (χ4v) is 4.59. The largest absolute Gasteiger partial charge is 0.382 e. The molecule has 7 nitrogen and oxygen atoms in total. The van der Waals surface area contributed by atoms with Gasteiger partial charge in [0.25, 0.3) is 0 Å². The molecule has 0 spiro atoms.